The molecule has 1 aliphatic carbocycles. The summed E-state index contributed by atoms with van der Waals surface area (Å²) in [6.45, 7) is 5.64. The average Bonchev–Trinajstić information content (AvgIpc) is 3.07. The van der Waals surface area contributed by atoms with E-state index in [1.54, 1.807) is 6.07 Å². The quantitative estimate of drug-likeness (QED) is 0.867. The van der Waals surface area contributed by atoms with Gasteiger partial charge < -0.3 is 10.6 Å². The van der Waals surface area contributed by atoms with Gasteiger partial charge in [0.15, 0.2) is 0 Å². The lowest BCUT2D eigenvalue weighted by molar-refractivity contribution is -0.126. The van der Waals surface area contributed by atoms with Crippen molar-refractivity contribution in [2.24, 2.45) is 0 Å². The van der Waals surface area contributed by atoms with Gasteiger partial charge in [-0.25, -0.2) is 4.39 Å². The van der Waals surface area contributed by atoms with Crippen LogP contribution >= 0.6 is 0 Å². The molecule has 0 spiro atoms. The smallest absolute Gasteiger partial charge is 0.230 e. The molecule has 5 heteroatoms. The Bertz CT molecular complexity index is 537. The van der Waals surface area contributed by atoms with Gasteiger partial charge in [-0.2, -0.15) is 0 Å². The van der Waals surface area contributed by atoms with E-state index >= 15 is 0 Å². The third-order valence-electron chi connectivity index (χ3n) is 5.19. The van der Waals surface area contributed by atoms with E-state index in [1.165, 1.54) is 12.1 Å². The van der Waals surface area contributed by atoms with E-state index < -0.39 is 5.41 Å². The van der Waals surface area contributed by atoms with Crippen LogP contribution in [-0.4, -0.2) is 50.1 Å². The van der Waals surface area contributed by atoms with Crippen molar-refractivity contribution in [3.63, 3.8) is 0 Å². The highest BCUT2D eigenvalue weighted by Crippen LogP contribution is 2.41. The number of carbonyl (C=O) groups is 1. The van der Waals surface area contributed by atoms with Gasteiger partial charge in [-0.05, 0) is 30.5 Å². The second-order valence-electron chi connectivity index (χ2n) is 6.65. The highest BCUT2D eigenvalue weighted by molar-refractivity contribution is 5.88. The summed E-state index contributed by atoms with van der Waals surface area (Å²) >= 11 is 0. The van der Waals surface area contributed by atoms with Gasteiger partial charge in [0.2, 0.25) is 5.91 Å². The molecule has 126 valence electrons. The molecule has 0 bridgehead atoms. The molecular weight excluding hydrogens is 293 g/mol. The maximum atomic E-state index is 13.6. The molecule has 1 amide bonds. The van der Waals surface area contributed by atoms with Crippen LogP contribution in [0.5, 0.6) is 0 Å². The Balaban J connectivity index is 1.62. The summed E-state index contributed by atoms with van der Waals surface area (Å²) in [5.74, 6) is -0.196. The highest BCUT2D eigenvalue weighted by atomic mass is 19.1. The SMILES string of the molecule is O=C(NCCN1CCNCC1)C1(c2cccc(F)c2)CCCC1. The molecule has 0 aromatic heterocycles. The third-order valence-corrected chi connectivity index (χ3v) is 5.19. The first-order chi connectivity index (χ1) is 11.2. The summed E-state index contributed by atoms with van der Waals surface area (Å²) in [6.07, 6.45) is 3.69. The zero-order valence-electron chi connectivity index (χ0n) is 13.6. The monoisotopic (exact) mass is 319 g/mol. The van der Waals surface area contributed by atoms with Crippen molar-refractivity contribution in [1.82, 2.24) is 15.5 Å². The van der Waals surface area contributed by atoms with Crippen molar-refractivity contribution >= 4 is 5.91 Å². The number of piperazine rings is 1. The van der Waals surface area contributed by atoms with Gasteiger partial charge in [0.05, 0.1) is 5.41 Å². The van der Waals surface area contributed by atoms with Crippen LogP contribution in [0.4, 0.5) is 4.39 Å². The number of hydrogen-bond donors (Lipinski definition) is 2. The van der Waals surface area contributed by atoms with Gasteiger partial charge in [-0.15, -0.1) is 0 Å². The van der Waals surface area contributed by atoms with E-state index in [2.05, 4.69) is 15.5 Å². The van der Waals surface area contributed by atoms with Crippen molar-refractivity contribution in [2.45, 2.75) is 31.1 Å². The van der Waals surface area contributed by atoms with Gasteiger partial charge in [0.1, 0.15) is 5.82 Å². The molecule has 2 fully saturated rings. The average molecular weight is 319 g/mol. The van der Waals surface area contributed by atoms with Crippen LogP contribution in [0.1, 0.15) is 31.2 Å². The minimum absolute atomic E-state index is 0.0655. The van der Waals surface area contributed by atoms with Gasteiger partial charge in [0.25, 0.3) is 0 Å². The summed E-state index contributed by atoms with van der Waals surface area (Å²) in [6, 6.07) is 6.57. The molecule has 1 aromatic carbocycles. The summed E-state index contributed by atoms with van der Waals surface area (Å²) in [5, 5.41) is 6.43. The molecule has 0 radical (unpaired) electrons. The van der Waals surface area contributed by atoms with Crippen LogP contribution in [0.3, 0.4) is 0 Å². The van der Waals surface area contributed by atoms with Crippen LogP contribution in [-0.2, 0) is 10.2 Å². The Morgan fingerprint density at radius 1 is 1.26 bits per heavy atom. The van der Waals surface area contributed by atoms with Gasteiger partial charge in [0, 0.05) is 39.3 Å². The van der Waals surface area contributed by atoms with E-state index in [4.69, 9.17) is 0 Å². The Hall–Kier alpha value is -1.46. The van der Waals surface area contributed by atoms with Crippen molar-refractivity contribution in [3.8, 4) is 0 Å². The highest BCUT2D eigenvalue weighted by Gasteiger charge is 2.42. The maximum Gasteiger partial charge on any atom is 0.230 e. The second kappa shape index (κ2) is 7.41. The Morgan fingerprint density at radius 3 is 2.70 bits per heavy atom. The number of nitrogens with zero attached hydrogens (tertiary/aromatic N) is 1. The van der Waals surface area contributed by atoms with Crippen LogP contribution < -0.4 is 10.6 Å². The topological polar surface area (TPSA) is 44.4 Å². The van der Waals surface area contributed by atoms with Crippen molar-refractivity contribution in [2.75, 3.05) is 39.3 Å². The number of amides is 1. The maximum absolute atomic E-state index is 13.6. The lowest BCUT2D eigenvalue weighted by Crippen LogP contribution is -2.48. The summed E-state index contributed by atoms with van der Waals surface area (Å²) in [7, 11) is 0. The van der Waals surface area contributed by atoms with Crippen LogP contribution in [0.2, 0.25) is 0 Å². The van der Waals surface area contributed by atoms with Crippen molar-refractivity contribution in [1.29, 1.82) is 0 Å². The first kappa shape index (κ1) is 16.4. The first-order valence-corrected chi connectivity index (χ1v) is 8.68. The molecule has 0 atom stereocenters. The predicted molar refractivity (Wildman–Crippen MR) is 88.9 cm³/mol. The number of benzene rings is 1. The number of carbonyl (C=O) groups excluding carboxylic acids is 1. The molecule has 2 N–H and O–H groups in total. The van der Waals surface area contributed by atoms with Crippen LogP contribution in [0.15, 0.2) is 24.3 Å². The van der Waals surface area contributed by atoms with E-state index in [-0.39, 0.29) is 11.7 Å². The molecular formula is C18H26FN3O. The lowest BCUT2D eigenvalue weighted by Gasteiger charge is -2.30. The number of rotatable bonds is 5. The molecule has 4 nitrogen and oxygen atoms in total. The minimum Gasteiger partial charge on any atom is -0.354 e. The van der Waals surface area contributed by atoms with E-state index in [9.17, 15) is 9.18 Å². The van der Waals surface area contributed by atoms with Crippen LogP contribution in [0, 0.1) is 5.82 Å². The summed E-state index contributed by atoms with van der Waals surface area (Å²) in [5.41, 5.74) is 0.292. The number of nitrogens with one attached hydrogen (secondary N) is 2. The minimum atomic E-state index is -0.536. The van der Waals surface area contributed by atoms with E-state index in [0.717, 1.165) is 64.0 Å². The summed E-state index contributed by atoms with van der Waals surface area (Å²) in [4.78, 5) is 15.2. The largest absolute Gasteiger partial charge is 0.354 e. The van der Waals surface area contributed by atoms with Gasteiger partial charge in [-0.3, -0.25) is 9.69 Å². The fourth-order valence-corrected chi connectivity index (χ4v) is 3.84. The predicted octanol–water partition coefficient (Wildman–Crippen LogP) is 1.66. The molecule has 1 aliphatic heterocycles. The van der Waals surface area contributed by atoms with E-state index in [0.29, 0.717) is 6.54 Å². The lowest BCUT2D eigenvalue weighted by atomic mass is 9.78. The molecule has 1 aromatic rings. The standard InChI is InChI=1S/C18H26FN3O/c19-16-5-3-4-15(14-16)18(6-1-2-7-18)17(23)21-10-13-22-11-8-20-9-12-22/h3-5,14,20H,1-2,6-13H2,(H,21,23). The van der Waals surface area contributed by atoms with Gasteiger partial charge in [-0.1, -0.05) is 25.0 Å². The van der Waals surface area contributed by atoms with Crippen molar-refractivity contribution in [3.05, 3.63) is 35.6 Å². The first-order valence-electron chi connectivity index (χ1n) is 8.68. The third kappa shape index (κ3) is 3.72. The van der Waals surface area contributed by atoms with Crippen LogP contribution in [0.25, 0.3) is 0 Å². The Kier molecular flexibility index (Phi) is 5.28. The second-order valence-corrected chi connectivity index (χ2v) is 6.65. The zero-order chi connectivity index (χ0) is 16.1. The van der Waals surface area contributed by atoms with Crippen molar-refractivity contribution < 1.29 is 9.18 Å². The Morgan fingerprint density at radius 2 is 2.00 bits per heavy atom. The Labute approximate surface area is 137 Å². The van der Waals surface area contributed by atoms with Gasteiger partial charge >= 0.3 is 0 Å². The molecule has 23 heavy (non-hydrogen) atoms. The zero-order valence-corrected chi connectivity index (χ0v) is 13.6. The fraction of sp³-hybridized carbons (Fsp3) is 0.611. The normalized spacial score (nSPS) is 21.3. The molecule has 1 saturated heterocycles. The molecule has 3 rings (SSSR count). The number of halogens is 1. The molecule has 1 saturated carbocycles. The summed E-state index contributed by atoms with van der Waals surface area (Å²) < 4.78 is 13.6. The number of hydrogen-bond acceptors (Lipinski definition) is 3. The fourth-order valence-electron chi connectivity index (χ4n) is 3.84. The molecule has 1 heterocycles. The molecule has 0 unspecified atom stereocenters. The van der Waals surface area contributed by atoms with E-state index in [1.807, 2.05) is 6.07 Å². The molecule has 2 aliphatic rings.